The standard InChI is InChI=1S/C17H27NO/c1-12(2)19-16-8-6-5-7-13(16)14-11-17(3,4)10-9-15(14)18/h5-8,12,14-15H,9-11,18H2,1-4H3. The molecule has 0 heterocycles. The van der Waals surface area contributed by atoms with Gasteiger partial charge in [0.25, 0.3) is 0 Å². The minimum atomic E-state index is 0.203. The molecule has 2 atom stereocenters. The van der Waals surface area contributed by atoms with Crippen molar-refractivity contribution in [2.45, 2.75) is 65.0 Å². The Hall–Kier alpha value is -1.02. The summed E-state index contributed by atoms with van der Waals surface area (Å²) in [5, 5.41) is 0. The second-order valence-electron chi connectivity index (χ2n) is 6.88. The molecule has 1 saturated carbocycles. The summed E-state index contributed by atoms with van der Waals surface area (Å²) in [5.41, 5.74) is 8.05. The number of hydrogen-bond acceptors (Lipinski definition) is 2. The van der Waals surface area contributed by atoms with Gasteiger partial charge in [-0.3, -0.25) is 0 Å². The van der Waals surface area contributed by atoms with Gasteiger partial charge in [-0.05, 0) is 50.2 Å². The molecule has 19 heavy (non-hydrogen) atoms. The van der Waals surface area contributed by atoms with E-state index in [2.05, 4.69) is 45.9 Å². The molecule has 0 radical (unpaired) electrons. The number of ether oxygens (including phenoxy) is 1. The van der Waals surface area contributed by atoms with E-state index < -0.39 is 0 Å². The minimum absolute atomic E-state index is 0.203. The molecule has 1 aliphatic carbocycles. The Morgan fingerprint density at radius 2 is 1.95 bits per heavy atom. The van der Waals surface area contributed by atoms with E-state index in [0.717, 1.165) is 18.6 Å². The van der Waals surface area contributed by atoms with Gasteiger partial charge in [-0.1, -0.05) is 32.0 Å². The Morgan fingerprint density at radius 1 is 1.26 bits per heavy atom. The maximum absolute atomic E-state index is 6.38. The summed E-state index contributed by atoms with van der Waals surface area (Å²) in [4.78, 5) is 0. The van der Waals surface area contributed by atoms with Crippen LogP contribution in [0.4, 0.5) is 0 Å². The van der Waals surface area contributed by atoms with Gasteiger partial charge in [-0.2, -0.15) is 0 Å². The van der Waals surface area contributed by atoms with Crippen molar-refractivity contribution in [2.75, 3.05) is 0 Å². The molecule has 2 heteroatoms. The molecule has 0 saturated heterocycles. The fourth-order valence-electron chi connectivity index (χ4n) is 3.10. The Kier molecular flexibility index (Phi) is 4.19. The van der Waals surface area contributed by atoms with Crippen LogP contribution in [0.5, 0.6) is 5.75 Å². The zero-order valence-corrected chi connectivity index (χ0v) is 12.6. The van der Waals surface area contributed by atoms with E-state index in [-0.39, 0.29) is 12.1 Å². The van der Waals surface area contributed by atoms with Crippen molar-refractivity contribution >= 4 is 0 Å². The average Bonchev–Trinajstić information content (AvgIpc) is 2.32. The predicted molar refractivity (Wildman–Crippen MR) is 80.6 cm³/mol. The molecule has 1 aromatic rings. The lowest BCUT2D eigenvalue weighted by atomic mass is 9.68. The first-order valence-corrected chi connectivity index (χ1v) is 7.40. The summed E-state index contributed by atoms with van der Waals surface area (Å²) in [7, 11) is 0. The first-order valence-electron chi connectivity index (χ1n) is 7.40. The maximum atomic E-state index is 6.38. The highest BCUT2D eigenvalue weighted by Crippen LogP contribution is 2.45. The summed E-state index contributed by atoms with van der Waals surface area (Å²) in [6, 6.07) is 8.65. The predicted octanol–water partition coefficient (Wildman–Crippen LogP) is 4.09. The van der Waals surface area contributed by atoms with E-state index in [9.17, 15) is 0 Å². The lowest BCUT2D eigenvalue weighted by Crippen LogP contribution is -2.37. The number of hydrogen-bond donors (Lipinski definition) is 1. The number of nitrogens with two attached hydrogens (primary N) is 1. The van der Waals surface area contributed by atoms with Crippen LogP contribution in [0.2, 0.25) is 0 Å². The summed E-state index contributed by atoms with van der Waals surface area (Å²) in [6.45, 7) is 8.83. The molecule has 2 nitrogen and oxygen atoms in total. The van der Waals surface area contributed by atoms with Crippen LogP contribution in [0, 0.1) is 5.41 Å². The summed E-state index contributed by atoms with van der Waals surface area (Å²) >= 11 is 0. The van der Waals surface area contributed by atoms with E-state index in [1.54, 1.807) is 0 Å². The molecule has 0 amide bonds. The molecule has 2 rings (SSSR count). The zero-order valence-electron chi connectivity index (χ0n) is 12.6. The fourth-order valence-corrected chi connectivity index (χ4v) is 3.10. The third-order valence-electron chi connectivity index (χ3n) is 4.12. The lowest BCUT2D eigenvalue weighted by Gasteiger charge is -2.40. The van der Waals surface area contributed by atoms with Crippen molar-refractivity contribution in [3.8, 4) is 5.75 Å². The topological polar surface area (TPSA) is 35.2 Å². The van der Waals surface area contributed by atoms with Crippen LogP contribution in [-0.2, 0) is 0 Å². The molecule has 1 fully saturated rings. The summed E-state index contributed by atoms with van der Waals surface area (Å²) < 4.78 is 5.96. The highest BCUT2D eigenvalue weighted by atomic mass is 16.5. The minimum Gasteiger partial charge on any atom is -0.491 e. The Morgan fingerprint density at radius 3 is 2.63 bits per heavy atom. The van der Waals surface area contributed by atoms with Crippen molar-refractivity contribution in [1.82, 2.24) is 0 Å². The van der Waals surface area contributed by atoms with E-state index in [1.807, 2.05) is 6.07 Å². The molecule has 106 valence electrons. The van der Waals surface area contributed by atoms with Crippen LogP contribution >= 0.6 is 0 Å². The lowest BCUT2D eigenvalue weighted by molar-refractivity contribution is 0.190. The number of benzene rings is 1. The van der Waals surface area contributed by atoms with Crippen molar-refractivity contribution < 1.29 is 4.74 Å². The van der Waals surface area contributed by atoms with Gasteiger partial charge in [0.05, 0.1) is 6.10 Å². The van der Waals surface area contributed by atoms with Crippen LogP contribution in [0.3, 0.4) is 0 Å². The van der Waals surface area contributed by atoms with Gasteiger partial charge >= 0.3 is 0 Å². The molecular formula is C17H27NO. The smallest absolute Gasteiger partial charge is 0.123 e. The van der Waals surface area contributed by atoms with Gasteiger partial charge in [0, 0.05) is 12.0 Å². The summed E-state index contributed by atoms with van der Waals surface area (Å²) in [5.74, 6) is 1.43. The van der Waals surface area contributed by atoms with E-state index in [1.165, 1.54) is 12.0 Å². The molecule has 2 N–H and O–H groups in total. The van der Waals surface area contributed by atoms with Gasteiger partial charge in [-0.25, -0.2) is 0 Å². The van der Waals surface area contributed by atoms with E-state index >= 15 is 0 Å². The molecule has 1 aromatic carbocycles. The molecule has 0 bridgehead atoms. The van der Waals surface area contributed by atoms with Crippen molar-refractivity contribution in [1.29, 1.82) is 0 Å². The van der Waals surface area contributed by atoms with E-state index in [4.69, 9.17) is 10.5 Å². The largest absolute Gasteiger partial charge is 0.491 e. The zero-order chi connectivity index (χ0) is 14.0. The number of rotatable bonds is 3. The van der Waals surface area contributed by atoms with Gasteiger partial charge in [-0.15, -0.1) is 0 Å². The number of para-hydroxylation sites is 1. The second kappa shape index (κ2) is 5.54. The Labute approximate surface area is 117 Å². The highest BCUT2D eigenvalue weighted by molar-refractivity contribution is 5.38. The van der Waals surface area contributed by atoms with E-state index in [0.29, 0.717) is 11.3 Å². The van der Waals surface area contributed by atoms with Crippen molar-refractivity contribution in [2.24, 2.45) is 11.1 Å². The Bertz CT molecular complexity index is 425. The van der Waals surface area contributed by atoms with Gasteiger partial charge in [0.2, 0.25) is 0 Å². The molecule has 0 aromatic heterocycles. The third-order valence-corrected chi connectivity index (χ3v) is 4.12. The van der Waals surface area contributed by atoms with Crippen LogP contribution < -0.4 is 10.5 Å². The second-order valence-corrected chi connectivity index (χ2v) is 6.88. The first-order chi connectivity index (χ1) is 8.89. The average molecular weight is 261 g/mol. The summed E-state index contributed by atoms with van der Waals surface area (Å²) in [6.07, 6.45) is 3.67. The third kappa shape index (κ3) is 3.50. The molecule has 2 unspecified atom stereocenters. The van der Waals surface area contributed by atoms with Crippen LogP contribution in [0.25, 0.3) is 0 Å². The van der Waals surface area contributed by atoms with Crippen LogP contribution in [0.1, 0.15) is 58.4 Å². The normalized spacial score (nSPS) is 26.4. The quantitative estimate of drug-likeness (QED) is 0.889. The van der Waals surface area contributed by atoms with Gasteiger partial charge in [0.15, 0.2) is 0 Å². The molecular weight excluding hydrogens is 234 g/mol. The monoisotopic (exact) mass is 261 g/mol. The van der Waals surface area contributed by atoms with Crippen molar-refractivity contribution in [3.63, 3.8) is 0 Å². The molecule has 0 aliphatic heterocycles. The highest BCUT2D eigenvalue weighted by Gasteiger charge is 2.35. The van der Waals surface area contributed by atoms with Crippen LogP contribution in [0.15, 0.2) is 24.3 Å². The first kappa shape index (κ1) is 14.4. The molecule has 1 aliphatic rings. The fraction of sp³-hybridized carbons (Fsp3) is 0.647. The Balaban J connectivity index is 2.29. The van der Waals surface area contributed by atoms with Gasteiger partial charge in [0.1, 0.15) is 5.75 Å². The SMILES string of the molecule is CC(C)Oc1ccccc1C1CC(C)(C)CCC1N. The van der Waals surface area contributed by atoms with Crippen molar-refractivity contribution in [3.05, 3.63) is 29.8 Å². The van der Waals surface area contributed by atoms with Crippen LogP contribution in [-0.4, -0.2) is 12.1 Å². The van der Waals surface area contributed by atoms with Gasteiger partial charge < -0.3 is 10.5 Å². The maximum Gasteiger partial charge on any atom is 0.123 e. The molecule has 0 spiro atoms.